The summed E-state index contributed by atoms with van der Waals surface area (Å²) in [6.45, 7) is 7.80. The Hall–Kier alpha value is -3.08. The monoisotopic (exact) mass is 352 g/mol. The molecule has 0 aliphatic heterocycles. The molecule has 5 heteroatoms. The van der Waals surface area contributed by atoms with E-state index in [1.54, 1.807) is 30.3 Å². The minimum absolute atomic E-state index is 0.270. The fraction of sp³-hybridized carbons (Fsp3) is 0.238. The highest BCUT2D eigenvalue weighted by atomic mass is 16.5. The molecule has 2 aromatic rings. The number of benzene rings is 2. The highest BCUT2D eigenvalue weighted by molar-refractivity contribution is 6.04. The van der Waals surface area contributed by atoms with E-state index in [9.17, 15) is 9.59 Å². The van der Waals surface area contributed by atoms with Crippen molar-refractivity contribution in [1.82, 2.24) is 5.32 Å². The lowest BCUT2D eigenvalue weighted by Crippen LogP contribution is -2.33. The van der Waals surface area contributed by atoms with Crippen LogP contribution in [-0.4, -0.2) is 24.5 Å². The number of aryl methyl sites for hydroxylation is 1. The van der Waals surface area contributed by atoms with Crippen molar-refractivity contribution in [2.24, 2.45) is 0 Å². The van der Waals surface area contributed by atoms with Crippen LogP contribution in [0.2, 0.25) is 0 Å². The van der Waals surface area contributed by atoms with Crippen LogP contribution in [0.15, 0.2) is 61.2 Å². The summed E-state index contributed by atoms with van der Waals surface area (Å²) >= 11 is 0. The van der Waals surface area contributed by atoms with Gasteiger partial charge in [-0.1, -0.05) is 42.8 Å². The fourth-order valence-electron chi connectivity index (χ4n) is 2.37. The van der Waals surface area contributed by atoms with E-state index in [0.29, 0.717) is 30.0 Å². The van der Waals surface area contributed by atoms with Crippen LogP contribution in [0.4, 0.5) is 5.69 Å². The summed E-state index contributed by atoms with van der Waals surface area (Å²) in [6, 6.07) is 14.4. The Morgan fingerprint density at radius 1 is 1.15 bits per heavy atom. The first-order valence-corrected chi connectivity index (χ1v) is 8.57. The Bertz CT molecular complexity index is 769. The molecule has 5 nitrogen and oxygen atoms in total. The molecule has 2 amide bonds. The number of rotatable bonds is 8. The van der Waals surface area contributed by atoms with Gasteiger partial charge in [0, 0.05) is 6.54 Å². The zero-order chi connectivity index (χ0) is 18.9. The van der Waals surface area contributed by atoms with Crippen LogP contribution in [-0.2, 0) is 4.79 Å². The first-order valence-electron chi connectivity index (χ1n) is 8.57. The molecule has 0 fully saturated rings. The fourth-order valence-corrected chi connectivity index (χ4v) is 2.37. The molecule has 0 bridgehead atoms. The van der Waals surface area contributed by atoms with Gasteiger partial charge >= 0.3 is 0 Å². The van der Waals surface area contributed by atoms with Crippen molar-refractivity contribution in [3.63, 3.8) is 0 Å². The van der Waals surface area contributed by atoms with E-state index in [-0.39, 0.29) is 11.8 Å². The van der Waals surface area contributed by atoms with E-state index in [1.807, 2.05) is 38.1 Å². The average Bonchev–Trinajstić information content (AvgIpc) is 2.66. The number of ether oxygens (including phenoxy) is 1. The summed E-state index contributed by atoms with van der Waals surface area (Å²) in [4.78, 5) is 24.8. The van der Waals surface area contributed by atoms with Crippen molar-refractivity contribution in [3.05, 3.63) is 72.3 Å². The Kier molecular flexibility index (Phi) is 6.97. The topological polar surface area (TPSA) is 67.4 Å². The predicted molar refractivity (Wildman–Crippen MR) is 103 cm³/mol. The molecule has 1 atom stereocenters. The van der Waals surface area contributed by atoms with Crippen molar-refractivity contribution < 1.29 is 14.3 Å². The smallest absolute Gasteiger partial charge is 0.265 e. The number of carbonyl (C=O) groups is 2. The third-order valence-electron chi connectivity index (χ3n) is 3.80. The Labute approximate surface area is 154 Å². The Morgan fingerprint density at radius 2 is 1.85 bits per heavy atom. The summed E-state index contributed by atoms with van der Waals surface area (Å²) in [5.41, 5.74) is 1.97. The second kappa shape index (κ2) is 9.42. The molecule has 0 heterocycles. The van der Waals surface area contributed by atoms with Gasteiger partial charge in [-0.2, -0.15) is 0 Å². The van der Waals surface area contributed by atoms with Crippen molar-refractivity contribution in [2.45, 2.75) is 26.4 Å². The highest BCUT2D eigenvalue weighted by Crippen LogP contribution is 2.18. The minimum Gasteiger partial charge on any atom is -0.481 e. The Balaban J connectivity index is 2.11. The maximum Gasteiger partial charge on any atom is 0.265 e. The molecule has 136 valence electrons. The van der Waals surface area contributed by atoms with Gasteiger partial charge in [0.2, 0.25) is 0 Å². The minimum atomic E-state index is -0.651. The molecule has 2 rings (SSSR count). The van der Waals surface area contributed by atoms with E-state index in [1.165, 1.54) is 0 Å². The van der Waals surface area contributed by atoms with Gasteiger partial charge in [0.05, 0.1) is 11.3 Å². The molecule has 0 aromatic heterocycles. The molecule has 0 unspecified atom stereocenters. The molecule has 26 heavy (non-hydrogen) atoms. The van der Waals surface area contributed by atoms with Gasteiger partial charge in [-0.15, -0.1) is 6.58 Å². The number of anilines is 1. The molecule has 2 N–H and O–H groups in total. The van der Waals surface area contributed by atoms with Crippen LogP contribution in [0.3, 0.4) is 0 Å². The maximum atomic E-state index is 12.6. The second-order valence-electron chi connectivity index (χ2n) is 5.86. The standard InChI is InChI=1S/C21H24N2O3/c1-4-14-22-20(24)17-8-6-7-9-18(17)23-21(25)19(5-2)26-16-12-10-15(3)11-13-16/h4,6-13,19H,1,5,14H2,2-3H3,(H,22,24)(H,23,25)/t19-/m0/s1. The summed E-state index contributed by atoms with van der Waals surface area (Å²) in [5, 5.41) is 5.51. The Morgan fingerprint density at radius 3 is 2.50 bits per heavy atom. The quantitative estimate of drug-likeness (QED) is 0.712. The molecular weight excluding hydrogens is 328 g/mol. The number of carbonyl (C=O) groups excluding carboxylic acids is 2. The first kappa shape index (κ1) is 19.2. The van der Waals surface area contributed by atoms with Crippen LogP contribution in [0.1, 0.15) is 29.3 Å². The first-order chi connectivity index (χ1) is 12.5. The number of amides is 2. The van der Waals surface area contributed by atoms with Gasteiger partial charge in [-0.3, -0.25) is 9.59 Å². The molecule has 0 saturated heterocycles. The van der Waals surface area contributed by atoms with E-state index in [2.05, 4.69) is 17.2 Å². The summed E-state index contributed by atoms with van der Waals surface area (Å²) in [5.74, 6) is 0.0694. The van der Waals surface area contributed by atoms with Gasteiger partial charge in [-0.25, -0.2) is 0 Å². The molecule has 0 aliphatic carbocycles. The number of para-hydroxylation sites is 1. The normalized spacial score (nSPS) is 11.3. The van der Waals surface area contributed by atoms with Crippen molar-refractivity contribution >= 4 is 17.5 Å². The molecule has 0 spiro atoms. The second-order valence-corrected chi connectivity index (χ2v) is 5.86. The van der Waals surface area contributed by atoms with Gasteiger partial charge in [0.25, 0.3) is 11.8 Å². The number of hydrogen-bond acceptors (Lipinski definition) is 3. The van der Waals surface area contributed by atoms with E-state index in [0.717, 1.165) is 5.56 Å². The van der Waals surface area contributed by atoms with Gasteiger partial charge < -0.3 is 15.4 Å². The average molecular weight is 352 g/mol. The summed E-state index contributed by atoms with van der Waals surface area (Å²) in [7, 11) is 0. The van der Waals surface area contributed by atoms with Gasteiger partial charge in [0.1, 0.15) is 5.75 Å². The largest absolute Gasteiger partial charge is 0.481 e. The lowest BCUT2D eigenvalue weighted by atomic mass is 10.1. The third-order valence-corrected chi connectivity index (χ3v) is 3.80. The van der Waals surface area contributed by atoms with E-state index >= 15 is 0 Å². The summed E-state index contributed by atoms with van der Waals surface area (Å²) in [6.07, 6.45) is 1.45. The molecular formula is C21H24N2O3. The SMILES string of the molecule is C=CCNC(=O)c1ccccc1NC(=O)[C@H](CC)Oc1ccc(C)cc1. The zero-order valence-corrected chi connectivity index (χ0v) is 15.1. The summed E-state index contributed by atoms with van der Waals surface area (Å²) < 4.78 is 5.79. The maximum absolute atomic E-state index is 12.6. The molecule has 0 saturated carbocycles. The van der Waals surface area contributed by atoms with E-state index in [4.69, 9.17) is 4.74 Å². The van der Waals surface area contributed by atoms with Gasteiger partial charge in [-0.05, 0) is 37.6 Å². The van der Waals surface area contributed by atoms with E-state index < -0.39 is 6.10 Å². The van der Waals surface area contributed by atoms with Crippen molar-refractivity contribution in [1.29, 1.82) is 0 Å². The lowest BCUT2D eigenvalue weighted by Gasteiger charge is -2.18. The van der Waals surface area contributed by atoms with Crippen LogP contribution in [0, 0.1) is 6.92 Å². The highest BCUT2D eigenvalue weighted by Gasteiger charge is 2.20. The lowest BCUT2D eigenvalue weighted by molar-refractivity contribution is -0.122. The van der Waals surface area contributed by atoms with Gasteiger partial charge in [0.15, 0.2) is 6.10 Å². The predicted octanol–water partition coefficient (Wildman–Crippen LogP) is 3.71. The van der Waals surface area contributed by atoms with Crippen LogP contribution < -0.4 is 15.4 Å². The molecule has 0 radical (unpaired) electrons. The number of nitrogens with one attached hydrogen (secondary N) is 2. The van der Waals surface area contributed by atoms with Crippen molar-refractivity contribution in [3.8, 4) is 5.75 Å². The molecule has 0 aliphatic rings. The van der Waals surface area contributed by atoms with Crippen molar-refractivity contribution in [2.75, 3.05) is 11.9 Å². The van der Waals surface area contributed by atoms with Crippen LogP contribution in [0.25, 0.3) is 0 Å². The third kappa shape index (κ3) is 5.21. The zero-order valence-electron chi connectivity index (χ0n) is 15.1. The number of hydrogen-bond donors (Lipinski definition) is 2. The van der Waals surface area contributed by atoms with Crippen LogP contribution in [0.5, 0.6) is 5.75 Å². The molecule has 2 aromatic carbocycles. The van der Waals surface area contributed by atoms with Crippen LogP contribution >= 0.6 is 0 Å².